The summed E-state index contributed by atoms with van der Waals surface area (Å²) >= 11 is 0. The van der Waals surface area contributed by atoms with Gasteiger partial charge in [-0.25, -0.2) is 0 Å². The second-order valence-corrected chi connectivity index (χ2v) is 3.12. The number of carbonyl (C=O) groups is 2. The lowest BCUT2D eigenvalue weighted by molar-refractivity contribution is -0.273. The van der Waals surface area contributed by atoms with Crippen molar-refractivity contribution < 1.29 is 36.3 Å². The molecule has 0 aliphatic carbocycles. The van der Waals surface area contributed by atoms with Gasteiger partial charge in [0.15, 0.2) is 0 Å². The summed E-state index contributed by atoms with van der Waals surface area (Å²) in [5.41, 5.74) is 0. The number of carbonyl (C=O) groups excluding carboxylic acids is 2. The third kappa shape index (κ3) is 3.82. The minimum atomic E-state index is -5.95. The molecule has 1 amide bonds. The van der Waals surface area contributed by atoms with E-state index in [9.17, 15) is 31.5 Å². The molecule has 0 unspecified atom stereocenters. The highest BCUT2D eigenvalue weighted by molar-refractivity contribution is 5.84. The van der Waals surface area contributed by atoms with Crippen molar-refractivity contribution in [3.05, 3.63) is 0 Å². The van der Waals surface area contributed by atoms with E-state index in [-0.39, 0.29) is 4.90 Å². The topological polar surface area (TPSA) is 46.6 Å². The van der Waals surface area contributed by atoms with E-state index in [0.29, 0.717) is 0 Å². The van der Waals surface area contributed by atoms with Gasteiger partial charge in [-0.05, 0) is 0 Å². The Hall–Kier alpha value is -1.41. The molecule has 0 radical (unpaired) electrons. The van der Waals surface area contributed by atoms with Crippen molar-refractivity contribution in [2.45, 2.75) is 18.5 Å². The maximum Gasteiger partial charge on any atom is 0.463 e. The maximum atomic E-state index is 12.5. The molecule has 0 fully saturated rings. The lowest BCUT2D eigenvalue weighted by Gasteiger charge is -2.24. The summed E-state index contributed by atoms with van der Waals surface area (Å²) in [6.07, 6.45) is -6.42. The predicted molar refractivity (Wildman–Crippen MR) is 45.3 cm³/mol. The van der Waals surface area contributed by atoms with E-state index in [4.69, 9.17) is 0 Å². The normalized spacial score (nSPS) is 12.2. The summed E-state index contributed by atoms with van der Waals surface area (Å²) in [7, 11) is 1.76. The Morgan fingerprint density at radius 1 is 1.18 bits per heavy atom. The molecule has 0 rings (SSSR count). The molecule has 0 aromatic heterocycles. The number of ether oxygens (including phenoxy) is 1. The van der Waals surface area contributed by atoms with Crippen LogP contribution >= 0.6 is 0 Å². The first kappa shape index (κ1) is 15.6. The van der Waals surface area contributed by atoms with Crippen LogP contribution in [0.2, 0.25) is 0 Å². The standard InChI is InChI=1S/C8H10F5NO3/c1-14(4-3-5(15)17-2)6(16)7(9,10)8(11,12)13/h3-4H2,1-2H3. The van der Waals surface area contributed by atoms with E-state index in [1.807, 2.05) is 0 Å². The highest BCUT2D eigenvalue weighted by Crippen LogP contribution is 2.36. The Morgan fingerprint density at radius 3 is 2.00 bits per heavy atom. The second kappa shape index (κ2) is 5.28. The van der Waals surface area contributed by atoms with Crippen LogP contribution in [0.15, 0.2) is 0 Å². The fraction of sp³-hybridized carbons (Fsp3) is 0.750. The minimum Gasteiger partial charge on any atom is -0.469 e. The molecule has 0 heterocycles. The predicted octanol–water partition coefficient (Wildman–Crippen LogP) is 1.21. The number of hydrogen-bond donors (Lipinski definition) is 0. The molecule has 0 aliphatic rings. The van der Waals surface area contributed by atoms with Crippen LogP contribution in [0, 0.1) is 0 Å². The molecule has 0 aromatic carbocycles. The highest BCUT2D eigenvalue weighted by Gasteiger charge is 2.64. The fourth-order valence-electron chi connectivity index (χ4n) is 0.824. The first-order valence-corrected chi connectivity index (χ1v) is 4.31. The monoisotopic (exact) mass is 263 g/mol. The van der Waals surface area contributed by atoms with Crippen molar-refractivity contribution in [1.29, 1.82) is 0 Å². The minimum absolute atomic E-state index is 0.129. The van der Waals surface area contributed by atoms with Gasteiger partial charge in [-0.1, -0.05) is 0 Å². The fourth-order valence-corrected chi connectivity index (χ4v) is 0.824. The Bertz CT molecular complexity index is 302. The zero-order valence-corrected chi connectivity index (χ0v) is 8.98. The van der Waals surface area contributed by atoms with E-state index in [1.165, 1.54) is 0 Å². The Labute approximate surface area is 93.3 Å². The molecule has 100 valence electrons. The number of esters is 1. The smallest absolute Gasteiger partial charge is 0.463 e. The van der Waals surface area contributed by atoms with Crippen LogP contribution in [0.4, 0.5) is 22.0 Å². The third-order valence-corrected chi connectivity index (χ3v) is 1.85. The Morgan fingerprint density at radius 2 is 1.65 bits per heavy atom. The van der Waals surface area contributed by atoms with Crippen molar-refractivity contribution in [1.82, 2.24) is 4.90 Å². The summed E-state index contributed by atoms with van der Waals surface area (Å²) in [5, 5.41) is 0. The number of nitrogens with zero attached hydrogens (tertiary/aromatic N) is 1. The first-order chi connectivity index (χ1) is 7.54. The Balaban J connectivity index is 4.56. The molecule has 0 saturated heterocycles. The molecule has 0 spiro atoms. The van der Waals surface area contributed by atoms with Gasteiger partial charge in [0.05, 0.1) is 13.5 Å². The average molecular weight is 263 g/mol. The van der Waals surface area contributed by atoms with E-state index in [1.54, 1.807) is 0 Å². The summed E-state index contributed by atoms with van der Waals surface area (Å²) in [5.74, 6) is -8.69. The number of amides is 1. The molecule has 0 aliphatic heterocycles. The lowest BCUT2D eigenvalue weighted by atomic mass is 10.2. The molecule has 0 saturated carbocycles. The van der Waals surface area contributed by atoms with E-state index < -0.39 is 36.9 Å². The van der Waals surface area contributed by atoms with E-state index in [0.717, 1.165) is 14.2 Å². The van der Waals surface area contributed by atoms with Gasteiger partial charge < -0.3 is 9.64 Å². The number of halogens is 5. The van der Waals surface area contributed by atoms with Gasteiger partial charge >= 0.3 is 24.0 Å². The zero-order chi connectivity index (χ0) is 13.9. The van der Waals surface area contributed by atoms with Crippen molar-refractivity contribution in [2.75, 3.05) is 20.7 Å². The summed E-state index contributed by atoms with van der Waals surface area (Å²) in [6.45, 7) is -0.586. The van der Waals surface area contributed by atoms with Gasteiger partial charge in [-0.2, -0.15) is 22.0 Å². The number of alkyl halides is 5. The van der Waals surface area contributed by atoms with Crippen LogP contribution in [0.5, 0.6) is 0 Å². The molecular formula is C8H10F5NO3. The molecule has 4 nitrogen and oxygen atoms in total. The van der Waals surface area contributed by atoms with E-state index in [2.05, 4.69) is 4.74 Å². The molecule has 9 heteroatoms. The van der Waals surface area contributed by atoms with Crippen LogP contribution in [0.25, 0.3) is 0 Å². The Kier molecular flexibility index (Phi) is 4.84. The molecule has 17 heavy (non-hydrogen) atoms. The molecule has 0 atom stereocenters. The van der Waals surface area contributed by atoms with Gasteiger partial charge in [0.2, 0.25) is 0 Å². The summed E-state index contributed by atoms with van der Waals surface area (Å²) < 4.78 is 64.7. The van der Waals surface area contributed by atoms with Gasteiger partial charge in [0.25, 0.3) is 0 Å². The SMILES string of the molecule is COC(=O)CCN(C)C(=O)C(F)(F)C(F)(F)F. The van der Waals surface area contributed by atoms with Crippen LogP contribution in [0.1, 0.15) is 6.42 Å². The lowest BCUT2D eigenvalue weighted by Crippen LogP contribution is -2.51. The van der Waals surface area contributed by atoms with E-state index >= 15 is 0 Å². The largest absolute Gasteiger partial charge is 0.469 e. The van der Waals surface area contributed by atoms with Crippen molar-refractivity contribution in [3.63, 3.8) is 0 Å². The average Bonchev–Trinajstić information content (AvgIpc) is 2.22. The van der Waals surface area contributed by atoms with Gasteiger partial charge in [-0.3, -0.25) is 9.59 Å². The first-order valence-electron chi connectivity index (χ1n) is 4.31. The van der Waals surface area contributed by atoms with Gasteiger partial charge in [0.1, 0.15) is 0 Å². The van der Waals surface area contributed by atoms with Crippen LogP contribution < -0.4 is 0 Å². The molecule has 0 bridgehead atoms. The zero-order valence-electron chi connectivity index (χ0n) is 8.98. The van der Waals surface area contributed by atoms with Crippen molar-refractivity contribution >= 4 is 11.9 Å². The van der Waals surface area contributed by atoms with Gasteiger partial charge in [-0.15, -0.1) is 0 Å². The molecular weight excluding hydrogens is 253 g/mol. The summed E-state index contributed by atoms with van der Waals surface area (Å²) in [6, 6.07) is 0. The molecule has 0 N–H and O–H groups in total. The van der Waals surface area contributed by atoms with Crippen LogP contribution in [0.3, 0.4) is 0 Å². The highest BCUT2D eigenvalue weighted by atomic mass is 19.4. The van der Waals surface area contributed by atoms with Crippen LogP contribution in [-0.4, -0.2) is 49.6 Å². The third-order valence-electron chi connectivity index (χ3n) is 1.85. The second-order valence-electron chi connectivity index (χ2n) is 3.12. The van der Waals surface area contributed by atoms with Crippen LogP contribution in [-0.2, 0) is 14.3 Å². The quantitative estimate of drug-likeness (QED) is 0.565. The van der Waals surface area contributed by atoms with Crippen molar-refractivity contribution in [2.24, 2.45) is 0 Å². The number of methoxy groups -OCH3 is 1. The molecule has 0 aromatic rings. The number of rotatable bonds is 4. The number of hydrogen-bond acceptors (Lipinski definition) is 3. The maximum absolute atomic E-state index is 12.5. The summed E-state index contributed by atoms with van der Waals surface area (Å²) in [4.78, 5) is 21.6. The van der Waals surface area contributed by atoms with Crippen molar-refractivity contribution in [3.8, 4) is 0 Å². The van der Waals surface area contributed by atoms with Gasteiger partial charge in [0, 0.05) is 13.6 Å².